The number of aliphatic hydroxyl groups is 1. The summed E-state index contributed by atoms with van der Waals surface area (Å²) in [5.41, 5.74) is 0.574. The smallest absolute Gasteiger partial charge is 0.389 e. The van der Waals surface area contributed by atoms with E-state index in [0.29, 0.717) is 24.3 Å². The first-order chi connectivity index (χ1) is 8.89. The number of halogens is 3. The number of hydrogen-bond donors (Lipinski definition) is 1. The molecule has 1 aromatic heterocycles. The van der Waals surface area contributed by atoms with Crippen molar-refractivity contribution in [1.29, 1.82) is 0 Å². The van der Waals surface area contributed by atoms with E-state index >= 15 is 0 Å². The van der Waals surface area contributed by atoms with Gasteiger partial charge < -0.3 is 10.0 Å². The fraction of sp³-hybridized carbons (Fsp3) is 0.615. The van der Waals surface area contributed by atoms with Crippen LogP contribution in [-0.4, -0.2) is 29.4 Å². The lowest BCUT2D eigenvalue weighted by atomic mass is 9.97. The zero-order valence-electron chi connectivity index (χ0n) is 10.7. The minimum Gasteiger partial charge on any atom is -0.389 e. The van der Waals surface area contributed by atoms with E-state index in [4.69, 9.17) is 0 Å². The fourth-order valence-corrected chi connectivity index (χ4v) is 2.44. The van der Waals surface area contributed by atoms with Crippen LogP contribution in [0.4, 0.5) is 19.0 Å². The van der Waals surface area contributed by atoms with E-state index in [0.717, 1.165) is 0 Å². The minimum absolute atomic E-state index is 0.0831. The number of hydrogen-bond acceptors (Lipinski definition) is 3. The van der Waals surface area contributed by atoms with Gasteiger partial charge in [-0.3, -0.25) is 0 Å². The molecule has 1 aromatic rings. The molecule has 0 saturated carbocycles. The van der Waals surface area contributed by atoms with E-state index in [-0.39, 0.29) is 13.0 Å². The van der Waals surface area contributed by atoms with Crippen LogP contribution >= 0.6 is 0 Å². The van der Waals surface area contributed by atoms with Crippen molar-refractivity contribution in [2.24, 2.45) is 5.92 Å². The van der Waals surface area contributed by atoms with Crippen LogP contribution in [-0.2, 0) is 0 Å². The summed E-state index contributed by atoms with van der Waals surface area (Å²) in [4.78, 5) is 5.77. The van der Waals surface area contributed by atoms with Crippen LogP contribution in [0.5, 0.6) is 0 Å². The van der Waals surface area contributed by atoms with Gasteiger partial charge in [0.05, 0.1) is 12.0 Å². The maximum absolute atomic E-state index is 12.8. The Kier molecular flexibility index (Phi) is 3.99. The number of alkyl halides is 3. The molecule has 1 aliphatic rings. The maximum atomic E-state index is 12.8. The number of aliphatic hydroxyl groups excluding tert-OH is 1. The highest BCUT2D eigenvalue weighted by Crippen LogP contribution is 2.35. The van der Waals surface area contributed by atoms with Crippen LogP contribution in [0.25, 0.3) is 0 Å². The zero-order chi connectivity index (χ0) is 14.0. The predicted octanol–water partition coefficient (Wildman–Crippen LogP) is 2.91. The number of anilines is 1. The lowest BCUT2D eigenvalue weighted by molar-refractivity contribution is -0.176. The molecule has 2 atom stereocenters. The van der Waals surface area contributed by atoms with E-state index in [2.05, 4.69) is 4.98 Å². The molecule has 0 bridgehead atoms. The van der Waals surface area contributed by atoms with Crippen molar-refractivity contribution in [3.63, 3.8) is 0 Å². The van der Waals surface area contributed by atoms with Crippen molar-refractivity contribution in [2.45, 2.75) is 32.0 Å². The van der Waals surface area contributed by atoms with Crippen LogP contribution in [0, 0.1) is 5.92 Å². The van der Waals surface area contributed by atoms with Crippen molar-refractivity contribution in [3.8, 4) is 0 Å². The Balaban J connectivity index is 2.22. The van der Waals surface area contributed by atoms with Gasteiger partial charge in [-0.25, -0.2) is 4.98 Å². The number of nitrogens with zero attached hydrogens (tertiary/aromatic N) is 2. The van der Waals surface area contributed by atoms with Gasteiger partial charge in [0.25, 0.3) is 0 Å². The minimum atomic E-state index is -4.17. The molecule has 2 rings (SSSR count). The lowest BCUT2D eigenvalue weighted by Gasteiger charge is -2.35. The molecule has 1 fully saturated rings. The molecule has 19 heavy (non-hydrogen) atoms. The predicted molar refractivity (Wildman–Crippen MR) is 65.9 cm³/mol. The molecule has 0 spiro atoms. The van der Waals surface area contributed by atoms with Crippen molar-refractivity contribution in [3.05, 3.63) is 23.9 Å². The lowest BCUT2D eigenvalue weighted by Crippen LogP contribution is -2.42. The summed E-state index contributed by atoms with van der Waals surface area (Å²) in [5, 5.41) is 9.67. The third kappa shape index (κ3) is 3.18. The standard InChI is InChI=1S/C13H17F3N2O/c1-9(19)11-5-2-6-17-12(11)18-7-3-4-10(8-18)13(14,15)16/h2,5-6,9-10,19H,3-4,7-8H2,1H3. The Bertz CT molecular complexity index is 434. The molecule has 1 saturated heterocycles. The van der Waals surface area contributed by atoms with Crippen LogP contribution in [0.1, 0.15) is 31.4 Å². The van der Waals surface area contributed by atoms with Crippen molar-refractivity contribution in [1.82, 2.24) is 4.98 Å². The number of pyridine rings is 1. The Morgan fingerprint density at radius 1 is 1.47 bits per heavy atom. The monoisotopic (exact) mass is 274 g/mol. The average Bonchev–Trinajstić information content (AvgIpc) is 2.38. The molecule has 3 nitrogen and oxygen atoms in total. The summed E-state index contributed by atoms with van der Waals surface area (Å²) in [6.07, 6.45) is -2.72. The van der Waals surface area contributed by atoms with Gasteiger partial charge in [-0.1, -0.05) is 6.07 Å². The van der Waals surface area contributed by atoms with Gasteiger partial charge in [0, 0.05) is 24.8 Å². The van der Waals surface area contributed by atoms with Gasteiger partial charge in [-0.15, -0.1) is 0 Å². The summed E-state index contributed by atoms with van der Waals surface area (Å²) in [6.45, 7) is 2.05. The molecular weight excluding hydrogens is 257 g/mol. The molecule has 0 radical (unpaired) electrons. The van der Waals surface area contributed by atoms with Crippen LogP contribution < -0.4 is 4.90 Å². The summed E-state index contributed by atoms with van der Waals surface area (Å²) >= 11 is 0. The Morgan fingerprint density at radius 3 is 2.84 bits per heavy atom. The molecule has 2 unspecified atom stereocenters. The second-order valence-electron chi connectivity index (χ2n) is 4.92. The quantitative estimate of drug-likeness (QED) is 0.900. The molecule has 1 aliphatic heterocycles. The molecule has 0 aromatic carbocycles. The summed E-state index contributed by atoms with van der Waals surface area (Å²) in [6, 6.07) is 3.38. The van der Waals surface area contributed by atoms with Crippen LogP contribution in [0.15, 0.2) is 18.3 Å². The van der Waals surface area contributed by atoms with Gasteiger partial charge in [0.2, 0.25) is 0 Å². The molecule has 1 N–H and O–H groups in total. The molecular formula is C13H17F3N2O. The summed E-state index contributed by atoms with van der Waals surface area (Å²) in [5.74, 6) is -0.850. The van der Waals surface area contributed by atoms with E-state index in [1.54, 1.807) is 30.2 Å². The fourth-order valence-electron chi connectivity index (χ4n) is 2.44. The summed E-state index contributed by atoms with van der Waals surface area (Å²) < 4.78 is 38.4. The molecule has 6 heteroatoms. The summed E-state index contributed by atoms with van der Waals surface area (Å²) in [7, 11) is 0. The van der Waals surface area contributed by atoms with Crippen molar-refractivity contribution < 1.29 is 18.3 Å². The third-order valence-electron chi connectivity index (χ3n) is 3.45. The normalized spacial score (nSPS) is 22.4. The molecule has 2 heterocycles. The highest BCUT2D eigenvalue weighted by molar-refractivity contribution is 5.48. The van der Waals surface area contributed by atoms with Gasteiger partial charge in [-0.2, -0.15) is 13.2 Å². The van der Waals surface area contributed by atoms with E-state index in [9.17, 15) is 18.3 Å². The first kappa shape index (κ1) is 14.1. The highest BCUT2D eigenvalue weighted by atomic mass is 19.4. The third-order valence-corrected chi connectivity index (χ3v) is 3.45. The molecule has 106 valence electrons. The maximum Gasteiger partial charge on any atom is 0.393 e. The Labute approximate surface area is 110 Å². The SMILES string of the molecule is CC(O)c1cccnc1N1CCCC(C(F)(F)F)C1. The first-order valence-corrected chi connectivity index (χ1v) is 6.34. The number of piperidine rings is 1. The second kappa shape index (κ2) is 5.36. The van der Waals surface area contributed by atoms with E-state index in [1.165, 1.54) is 0 Å². The van der Waals surface area contributed by atoms with Gasteiger partial charge in [-0.05, 0) is 25.8 Å². The van der Waals surface area contributed by atoms with Gasteiger partial charge in [0.1, 0.15) is 5.82 Å². The molecule has 0 amide bonds. The van der Waals surface area contributed by atoms with Gasteiger partial charge >= 0.3 is 6.18 Å². The number of rotatable bonds is 2. The van der Waals surface area contributed by atoms with E-state index < -0.39 is 18.2 Å². The number of aromatic nitrogens is 1. The Morgan fingerprint density at radius 2 is 2.21 bits per heavy atom. The van der Waals surface area contributed by atoms with Crippen molar-refractivity contribution >= 4 is 5.82 Å². The van der Waals surface area contributed by atoms with Crippen molar-refractivity contribution in [2.75, 3.05) is 18.0 Å². The largest absolute Gasteiger partial charge is 0.393 e. The second-order valence-corrected chi connectivity index (χ2v) is 4.92. The van der Waals surface area contributed by atoms with Crippen LogP contribution in [0.2, 0.25) is 0 Å². The Hall–Kier alpha value is -1.30. The first-order valence-electron chi connectivity index (χ1n) is 6.34. The average molecular weight is 274 g/mol. The molecule has 0 aliphatic carbocycles. The van der Waals surface area contributed by atoms with Gasteiger partial charge in [0.15, 0.2) is 0 Å². The zero-order valence-corrected chi connectivity index (χ0v) is 10.7. The van der Waals surface area contributed by atoms with Crippen LogP contribution in [0.3, 0.4) is 0 Å². The highest BCUT2D eigenvalue weighted by Gasteiger charge is 2.42. The topological polar surface area (TPSA) is 36.4 Å². The van der Waals surface area contributed by atoms with E-state index in [1.807, 2.05) is 0 Å².